The van der Waals surface area contributed by atoms with Gasteiger partial charge in [0.1, 0.15) is 0 Å². The van der Waals surface area contributed by atoms with Gasteiger partial charge in [0.05, 0.1) is 12.2 Å². The highest BCUT2D eigenvalue weighted by Gasteiger charge is 2.57. The lowest BCUT2D eigenvalue weighted by molar-refractivity contribution is -0.206. The van der Waals surface area contributed by atoms with E-state index in [9.17, 15) is 18.0 Å². The van der Waals surface area contributed by atoms with Crippen LogP contribution in [0.4, 0.5) is 13.2 Å². The fraction of sp³-hybridized carbons (Fsp3) is 0.900. The maximum Gasteiger partial charge on any atom is 0.417 e. The summed E-state index contributed by atoms with van der Waals surface area (Å²) in [7, 11) is 0. The Morgan fingerprint density at radius 2 is 1.71 bits per heavy atom. The van der Waals surface area contributed by atoms with E-state index in [-0.39, 0.29) is 13.2 Å². The molecule has 0 aliphatic heterocycles. The number of rotatable bonds is 5. The smallest absolute Gasteiger partial charge is 0.417 e. The maximum absolute atomic E-state index is 12.5. The van der Waals surface area contributed by atoms with Gasteiger partial charge in [-0.05, 0) is 27.7 Å². The minimum Gasteiger partial charge on any atom is -0.480 e. The van der Waals surface area contributed by atoms with Crippen LogP contribution in [-0.2, 0) is 9.53 Å². The third-order valence-corrected chi connectivity index (χ3v) is 2.11. The van der Waals surface area contributed by atoms with Gasteiger partial charge < -0.3 is 9.84 Å². The third kappa shape index (κ3) is 4.91. The Labute approximate surface area is 98.1 Å². The van der Waals surface area contributed by atoms with Gasteiger partial charge in [-0.15, -0.1) is 0 Å². The number of carbonyl (C=O) groups is 1. The molecule has 0 aliphatic rings. The van der Waals surface area contributed by atoms with Crippen LogP contribution in [0.1, 0.15) is 27.7 Å². The van der Waals surface area contributed by atoms with Gasteiger partial charge in [-0.1, -0.05) is 0 Å². The molecule has 0 aliphatic carbocycles. The van der Waals surface area contributed by atoms with E-state index in [0.29, 0.717) is 6.92 Å². The second-order valence-corrected chi connectivity index (χ2v) is 4.82. The van der Waals surface area contributed by atoms with Crippen LogP contribution in [0.3, 0.4) is 0 Å². The number of ether oxygens (including phenoxy) is 1. The molecule has 0 bridgehead atoms. The van der Waals surface area contributed by atoms with Crippen LogP contribution >= 0.6 is 0 Å². The van der Waals surface area contributed by atoms with Crippen molar-refractivity contribution in [3.05, 3.63) is 0 Å². The molecule has 0 saturated heterocycles. The summed E-state index contributed by atoms with van der Waals surface area (Å²) in [6.07, 6.45) is -4.86. The molecule has 4 nitrogen and oxygen atoms in total. The van der Waals surface area contributed by atoms with E-state index in [0.717, 1.165) is 0 Å². The van der Waals surface area contributed by atoms with Crippen molar-refractivity contribution in [2.75, 3.05) is 13.2 Å². The number of aliphatic carboxylic acids is 1. The molecule has 0 aromatic carbocycles. The molecule has 1 unspecified atom stereocenters. The van der Waals surface area contributed by atoms with Crippen LogP contribution < -0.4 is 5.32 Å². The van der Waals surface area contributed by atoms with Crippen LogP contribution in [0, 0.1) is 0 Å². The zero-order valence-corrected chi connectivity index (χ0v) is 10.3. The van der Waals surface area contributed by atoms with Crippen molar-refractivity contribution in [3.8, 4) is 0 Å². The normalized spacial score (nSPS) is 16.6. The zero-order chi connectivity index (χ0) is 13.9. The van der Waals surface area contributed by atoms with E-state index in [1.54, 1.807) is 20.8 Å². The predicted octanol–water partition coefficient (Wildman–Crippen LogP) is 1.80. The van der Waals surface area contributed by atoms with Crippen molar-refractivity contribution >= 4 is 5.97 Å². The highest BCUT2D eigenvalue weighted by molar-refractivity contribution is 5.79. The second kappa shape index (κ2) is 5.22. The monoisotopic (exact) mass is 257 g/mol. The van der Waals surface area contributed by atoms with E-state index < -0.39 is 23.3 Å². The summed E-state index contributed by atoms with van der Waals surface area (Å²) in [5.41, 5.74) is -3.42. The Morgan fingerprint density at radius 1 is 1.24 bits per heavy atom. The molecule has 102 valence electrons. The molecule has 1 atom stereocenters. The Bertz CT molecular complexity index is 273. The van der Waals surface area contributed by atoms with E-state index in [1.165, 1.54) is 0 Å². The summed E-state index contributed by atoms with van der Waals surface area (Å²) in [5, 5.41) is 10.6. The summed E-state index contributed by atoms with van der Waals surface area (Å²) >= 11 is 0. The average molecular weight is 257 g/mol. The predicted molar refractivity (Wildman–Crippen MR) is 55.8 cm³/mol. The van der Waals surface area contributed by atoms with Crippen LogP contribution in [0.5, 0.6) is 0 Å². The van der Waals surface area contributed by atoms with E-state index in [4.69, 9.17) is 9.84 Å². The van der Waals surface area contributed by atoms with Gasteiger partial charge >= 0.3 is 12.1 Å². The first kappa shape index (κ1) is 16.2. The Hall–Kier alpha value is -0.820. The molecule has 0 aromatic rings. The van der Waals surface area contributed by atoms with Gasteiger partial charge in [0, 0.05) is 6.54 Å². The Kier molecular flexibility index (Phi) is 4.97. The van der Waals surface area contributed by atoms with Crippen molar-refractivity contribution in [1.82, 2.24) is 5.32 Å². The van der Waals surface area contributed by atoms with Crippen LogP contribution in [-0.4, -0.2) is 41.5 Å². The molecule has 0 heterocycles. The Morgan fingerprint density at radius 3 is 2.00 bits per heavy atom. The minimum atomic E-state index is -4.86. The molecule has 0 amide bonds. The molecule has 0 fully saturated rings. The number of hydrogen-bond donors (Lipinski definition) is 2. The van der Waals surface area contributed by atoms with Gasteiger partial charge in [-0.3, -0.25) is 5.32 Å². The van der Waals surface area contributed by atoms with E-state index in [2.05, 4.69) is 0 Å². The van der Waals surface area contributed by atoms with Crippen molar-refractivity contribution < 1.29 is 27.8 Å². The molecule has 0 aromatic heterocycles. The Balaban J connectivity index is 4.37. The molecular formula is C10H18F3NO3. The van der Waals surface area contributed by atoms with Crippen molar-refractivity contribution in [1.29, 1.82) is 0 Å². The van der Waals surface area contributed by atoms with Gasteiger partial charge in [0.15, 0.2) is 0 Å². The first-order chi connectivity index (χ1) is 7.40. The van der Waals surface area contributed by atoms with Crippen molar-refractivity contribution in [3.63, 3.8) is 0 Å². The first-order valence-corrected chi connectivity index (χ1v) is 5.09. The van der Waals surface area contributed by atoms with Crippen LogP contribution in [0.25, 0.3) is 0 Å². The van der Waals surface area contributed by atoms with E-state index in [1.807, 2.05) is 5.32 Å². The number of nitrogens with one attached hydrogen (secondary N) is 1. The molecular weight excluding hydrogens is 239 g/mol. The van der Waals surface area contributed by atoms with Gasteiger partial charge in [-0.2, -0.15) is 13.2 Å². The summed E-state index contributed by atoms with van der Waals surface area (Å²) < 4.78 is 42.8. The first-order valence-electron chi connectivity index (χ1n) is 5.09. The molecule has 0 saturated carbocycles. The zero-order valence-electron chi connectivity index (χ0n) is 10.3. The van der Waals surface area contributed by atoms with Gasteiger partial charge in [0.25, 0.3) is 0 Å². The quantitative estimate of drug-likeness (QED) is 0.737. The fourth-order valence-electron chi connectivity index (χ4n) is 0.955. The van der Waals surface area contributed by atoms with Gasteiger partial charge in [0.2, 0.25) is 5.54 Å². The number of carboxylic acid groups (broad SMARTS) is 1. The lowest BCUT2D eigenvalue weighted by Gasteiger charge is -2.29. The summed E-state index contributed by atoms with van der Waals surface area (Å²) in [6, 6.07) is 0. The van der Waals surface area contributed by atoms with Crippen molar-refractivity contribution in [2.45, 2.75) is 45.0 Å². The molecule has 17 heavy (non-hydrogen) atoms. The van der Waals surface area contributed by atoms with Gasteiger partial charge in [-0.25, -0.2) is 4.79 Å². The minimum absolute atomic E-state index is 0.00243. The summed E-state index contributed by atoms with van der Waals surface area (Å²) in [5.74, 6) is -1.96. The van der Waals surface area contributed by atoms with E-state index >= 15 is 0 Å². The second-order valence-electron chi connectivity index (χ2n) is 4.82. The fourth-order valence-corrected chi connectivity index (χ4v) is 0.955. The molecule has 0 radical (unpaired) electrons. The average Bonchev–Trinajstić information content (AvgIpc) is 2.08. The number of halogens is 3. The van der Waals surface area contributed by atoms with Crippen molar-refractivity contribution in [2.24, 2.45) is 0 Å². The molecule has 7 heteroatoms. The third-order valence-electron chi connectivity index (χ3n) is 2.11. The lowest BCUT2D eigenvalue weighted by Crippen LogP contribution is -2.60. The highest BCUT2D eigenvalue weighted by Crippen LogP contribution is 2.30. The number of hydrogen-bond acceptors (Lipinski definition) is 3. The SMILES string of the molecule is CC(C)(C)OCCNC(C)(C(=O)O)C(F)(F)F. The molecule has 0 spiro atoms. The largest absolute Gasteiger partial charge is 0.480 e. The van der Waals surface area contributed by atoms with Crippen LogP contribution in [0.2, 0.25) is 0 Å². The molecule has 0 rings (SSSR count). The number of carboxylic acids is 1. The number of alkyl halides is 3. The topological polar surface area (TPSA) is 58.6 Å². The van der Waals surface area contributed by atoms with Crippen LogP contribution in [0.15, 0.2) is 0 Å². The summed E-state index contributed by atoms with van der Waals surface area (Å²) in [4.78, 5) is 10.6. The standard InChI is InChI=1S/C10H18F3NO3/c1-8(2,3)17-6-5-14-9(4,7(15)16)10(11,12)13/h14H,5-6H2,1-4H3,(H,15,16). The maximum atomic E-state index is 12.5. The summed E-state index contributed by atoms with van der Waals surface area (Å²) in [6.45, 7) is 5.67. The molecule has 2 N–H and O–H groups in total. The lowest BCUT2D eigenvalue weighted by atomic mass is 10.0. The highest BCUT2D eigenvalue weighted by atomic mass is 19.4.